The lowest BCUT2D eigenvalue weighted by Gasteiger charge is -2.20. The summed E-state index contributed by atoms with van der Waals surface area (Å²) in [6.07, 6.45) is 0. The summed E-state index contributed by atoms with van der Waals surface area (Å²) in [6, 6.07) is 98.4. The van der Waals surface area contributed by atoms with Crippen LogP contribution in [0, 0.1) is 45.3 Å². The standard InChI is InChI=1S/C86H51N9O/c1-86(2,3)54-34-39-75-66(43-54)82-76(40-35-62-61-24-9-15-30-81(61)96-85(62)82)92(75)77-37-32-52(46-87)67(48-89)83(77)95-73-29-14-8-21-58(73)63-42-51(31-36-74(63)95)50-17-16-18-55(41-50)91-69-25-10-6-22-59(69)64-45-80-65(44-79(64)91)60-23-7-11-26-70(60)93(80)78-38-33-53(47-88)68(49-90)84(78)94-71-27-12-4-19-56(71)57-20-5-13-28-72(57)94/h4-45H,1-3H3. The lowest BCUT2D eigenvalue weighted by molar-refractivity contribution is 0.591. The second-order valence-electron chi connectivity index (χ2n) is 26.0. The average Bonchev–Trinajstić information content (AvgIpc) is 1.31. The van der Waals surface area contributed by atoms with E-state index in [-0.39, 0.29) is 16.5 Å². The number of aromatic nitrogens is 5. The first-order valence-corrected chi connectivity index (χ1v) is 32.1. The van der Waals surface area contributed by atoms with E-state index in [4.69, 9.17) is 4.42 Å². The van der Waals surface area contributed by atoms with Crippen molar-refractivity contribution >= 4 is 131 Å². The van der Waals surface area contributed by atoms with Crippen LogP contribution in [0.5, 0.6) is 0 Å². The molecule has 19 aromatic rings. The molecule has 0 amide bonds. The maximum Gasteiger partial charge on any atom is 0.145 e. The number of rotatable bonds is 6. The van der Waals surface area contributed by atoms with Crippen LogP contribution in [0.25, 0.3) is 171 Å². The van der Waals surface area contributed by atoms with Crippen LogP contribution in [0.15, 0.2) is 259 Å². The van der Waals surface area contributed by atoms with Crippen molar-refractivity contribution in [3.05, 3.63) is 283 Å². The summed E-state index contributed by atoms with van der Waals surface area (Å²) in [6.45, 7) is 6.69. The predicted octanol–water partition coefficient (Wildman–Crippen LogP) is 21.5. The molecular weight excluding hydrogens is 1180 g/mol. The van der Waals surface area contributed by atoms with Crippen molar-refractivity contribution in [1.82, 2.24) is 22.8 Å². The average molecular weight is 1230 g/mol. The van der Waals surface area contributed by atoms with Crippen molar-refractivity contribution in [2.24, 2.45) is 0 Å². The zero-order chi connectivity index (χ0) is 64.4. The van der Waals surface area contributed by atoms with Gasteiger partial charge in [-0.1, -0.05) is 154 Å². The minimum Gasteiger partial charge on any atom is -0.455 e. The van der Waals surface area contributed by atoms with Gasteiger partial charge in [0.25, 0.3) is 0 Å². The third kappa shape index (κ3) is 7.47. The van der Waals surface area contributed by atoms with Crippen LogP contribution < -0.4 is 0 Å². The minimum absolute atomic E-state index is 0.145. The molecule has 0 N–H and O–H groups in total. The molecule has 19 rings (SSSR count). The lowest BCUT2D eigenvalue weighted by Crippen LogP contribution is -2.10. The second kappa shape index (κ2) is 20.1. The van der Waals surface area contributed by atoms with Crippen molar-refractivity contribution in [1.29, 1.82) is 21.0 Å². The van der Waals surface area contributed by atoms with E-state index in [9.17, 15) is 21.0 Å². The van der Waals surface area contributed by atoms with E-state index in [1.807, 2.05) is 60.7 Å². The lowest BCUT2D eigenvalue weighted by atomic mass is 9.86. The van der Waals surface area contributed by atoms with Gasteiger partial charge in [-0.15, -0.1) is 0 Å². The molecule has 6 aromatic heterocycles. The fourth-order valence-electron chi connectivity index (χ4n) is 15.7. The predicted molar refractivity (Wildman–Crippen MR) is 388 cm³/mol. The Morgan fingerprint density at radius 1 is 0.302 bits per heavy atom. The van der Waals surface area contributed by atoms with Gasteiger partial charge in [-0.25, -0.2) is 0 Å². The maximum absolute atomic E-state index is 11.4. The molecule has 0 aliphatic rings. The number of hydrogen-bond acceptors (Lipinski definition) is 5. The first-order valence-electron chi connectivity index (χ1n) is 32.1. The summed E-state index contributed by atoms with van der Waals surface area (Å²) >= 11 is 0. The molecule has 6 heterocycles. The van der Waals surface area contributed by atoms with Gasteiger partial charge in [0.1, 0.15) is 35.4 Å². The topological polar surface area (TPSA) is 133 Å². The smallest absolute Gasteiger partial charge is 0.145 e. The number of nitrogens with zero attached hydrogens (tertiary/aromatic N) is 9. The number of fused-ring (bicyclic) bond motifs is 19. The Morgan fingerprint density at radius 2 is 0.740 bits per heavy atom. The Hall–Kier alpha value is -13.4. The van der Waals surface area contributed by atoms with Gasteiger partial charge in [-0.2, -0.15) is 21.0 Å². The molecule has 10 nitrogen and oxygen atoms in total. The molecule has 0 aliphatic carbocycles. The van der Waals surface area contributed by atoms with Crippen LogP contribution in [0.1, 0.15) is 48.6 Å². The highest BCUT2D eigenvalue weighted by Gasteiger charge is 2.29. The van der Waals surface area contributed by atoms with Crippen LogP contribution in [0.4, 0.5) is 0 Å². The molecular formula is C86H51N9O. The monoisotopic (exact) mass is 1230 g/mol. The number of hydrogen-bond donors (Lipinski definition) is 0. The van der Waals surface area contributed by atoms with Gasteiger partial charge in [0.15, 0.2) is 0 Å². The third-order valence-electron chi connectivity index (χ3n) is 20.0. The summed E-state index contributed by atoms with van der Waals surface area (Å²) in [4.78, 5) is 0. The maximum atomic E-state index is 11.4. The Morgan fingerprint density at radius 3 is 1.29 bits per heavy atom. The fraction of sp³-hybridized carbons (Fsp3) is 0.0465. The molecule has 0 bridgehead atoms. The van der Waals surface area contributed by atoms with E-state index < -0.39 is 0 Å². The van der Waals surface area contributed by atoms with Gasteiger partial charge in [0, 0.05) is 64.9 Å². The van der Waals surface area contributed by atoms with Crippen molar-refractivity contribution in [3.8, 4) is 63.8 Å². The van der Waals surface area contributed by atoms with Crippen molar-refractivity contribution < 1.29 is 4.42 Å². The van der Waals surface area contributed by atoms with Crippen LogP contribution >= 0.6 is 0 Å². The van der Waals surface area contributed by atoms with Gasteiger partial charge in [0.2, 0.25) is 0 Å². The molecule has 0 saturated heterocycles. The van der Waals surface area contributed by atoms with Crippen LogP contribution in [-0.2, 0) is 5.41 Å². The largest absolute Gasteiger partial charge is 0.455 e. The van der Waals surface area contributed by atoms with Gasteiger partial charge in [-0.3, -0.25) is 0 Å². The molecule has 446 valence electrons. The van der Waals surface area contributed by atoms with E-state index in [2.05, 4.69) is 250 Å². The molecule has 10 heteroatoms. The van der Waals surface area contributed by atoms with Crippen LogP contribution in [0.3, 0.4) is 0 Å². The molecule has 0 unspecified atom stereocenters. The number of nitriles is 4. The van der Waals surface area contributed by atoms with Crippen molar-refractivity contribution in [3.63, 3.8) is 0 Å². The first kappa shape index (κ1) is 54.4. The van der Waals surface area contributed by atoms with E-state index >= 15 is 0 Å². The number of benzene rings is 13. The molecule has 0 spiro atoms. The fourth-order valence-corrected chi connectivity index (χ4v) is 15.7. The molecule has 0 radical (unpaired) electrons. The minimum atomic E-state index is -0.145. The zero-order valence-corrected chi connectivity index (χ0v) is 52.2. The third-order valence-corrected chi connectivity index (χ3v) is 20.0. The molecule has 0 aliphatic heterocycles. The molecule has 0 atom stereocenters. The molecule has 13 aromatic carbocycles. The zero-order valence-electron chi connectivity index (χ0n) is 52.2. The van der Waals surface area contributed by atoms with Crippen LogP contribution in [-0.4, -0.2) is 22.8 Å². The summed E-state index contributed by atoms with van der Waals surface area (Å²) in [7, 11) is 0. The Kier molecular flexibility index (Phi) is 11.4. The Bertz CT molecular complexity index is 6820. The molecule has 0 fully saturated rings. The first-order chi connectivity index (χ1) is 47.1. The quantitative estimate of drug-likeness (QED) is 0.163. The summed E-state index contributed by atoms with van der Waals surface area (Å²) in [5, 5.41) is 56.4. The number of furan rings is 1. The van der Waals surface area contributed by atoms with Gasteiger partial charge in [-0.05, 0) is 143 Å². The summed E-state index contributed by atoms with van der Waals surface area (Å²) in [5.41, 5.74) is 19.2. The summed E-state index contributed by atoms with van der Waals surface area (Å²) < 4.78 is 18.1. The van der Waals surface area contributed by atoms with Crippen LogP contribution in [0.2, 0.25) is 0 Å². The highest BCUT2D eigenvalue weighted by molar-refractivity contribution is 6.25. The highest BCUT2D eigenvalue weighted by Crippen LogP contribution is 2.48. The van der Waals surface area contributed by atoms with E-state index in [0.29, 0.717) is 22.5 Å². The molecule has 0 saturated carbocycles. The Labute approximate surface area is 548 Å². The normalized spacial score (nSPS) is 12.1. The highest BCUT2D eigenvalue weighted by atomic mass is 16.3. The van der Waals surface area contributed by atoms with E-state index in [1.165, 1.54) is 5.56 Å². The van der Waals surface area contributed by atoms with Crippen molar-refractivity contribution in [2.75, 3.05) is 0 Å². The summed E-state index contributed by atoms with van der Waals surface area (Å²) in [5.74, 6) is 0. The number of para-hydroxylation sites is 6. The van der Waals surface area contributed by atoms with E-state index in [1.54, 1.807) is 12.1 Å². The second-order valence-corrected chi connectivity index (χ2v) is 26.0. The Balaban J connectivity index is 0.801. The van der Waals surface area contributed by atoms with Gasteiger partial charge < -0.3 is 27.3 Å². The molecule has 96 heavy (non-hydrogen) atoms. The SMILES string of the molecule is CC(C)(C)c1ccc2c(c1)c1c3oc4ccccc4c3ccc1n2-c1ccc(C#N)c(C#N)c1-n1c2ccccc2c2cc(-c3cccc(-n4c5ccccc5c5cc6c(cc54)c4ccccc4n6-c4ccc(C#N)c(C#N)c4-n4c5ccccc5c5ccccc54)c3)ccc21. The van der Waals surface area contributed by atoms with Gasteiger partial charge >= 0.3 is 0 Å². The van der Waals surface area contributed by atoms with Crippen molar-refractivity contribution in [2.45, 2.75) is 26.2 Å². The van der Waals surface area contributed by atoms with E-state index in [0.717, 1.165) is 159 Å². The van der Waals surface area contributed by atoms with Gasteiger partial charge in [0.05, 0.1) is 106 Å².